The maximum Gasteiger partial charge on any atom is 0.416 e. The second-order valence-electron chi connectivity index (χ2n) is 5.11. The molecule has 2 amide bonds. The van der Waals surface area contributed by atoms with Crippen LogP contribution in [0.5, 0.6) is 0 Å². The molecule has 1 heterocycles. The van der Waals surface area contributed by atoms with E-state index in [4.69, 9.17) is 0 Å². The average molecular weight is 326 g/mol. The smallest absolute Gasteiger partial charge is 0.337 e. The molecule has 1 aromatic heterocycles. The lowest BCUT2D eigenvalue weighted by atomic mass is 10.2. The maximum atomic E-state index is 12.4. The molecule has 124 valence electrons. The second-order valence-corrected chi connectivity index (χ2v) is 5.11. The summed E-state index contributed by atoms with van der Waals surface area (Å²) in [5.41, 5.74) is 1.42. The van der Waals surface area contributed by atoms with E-state index in [-0.39, 0.29) is 0 Å². The number of aromatic nitrogens is 2. The fourth-order valence-corrected chi connectivity index (χ4v) is 1.98. The second kappa shape index (κ2) is 6.72. The van der Waals surface area contributed by atoms with Crippen molar-refractivity contribution in [3.8, 4) is 0 Å². The summed E-state index contributed by atoms with van der Waals surface area (Å²) in [6, 6.07) is 5.72. The van der Waals surface area contributed by atoms with Gasteiger partial charge in [-0.25, -0.2) is 4.79 Å². The molecule has 1 aromatic carbocycles. The Morgan fingerprint density at radius 1 is 1.26 bits per heavy atom. The number of urea groups is 1. The van der Waals surface area contributed by atoms with E-state index >= 15 is 0 Å². The number of hydrogen-bond acceptors (Lipinski definition) is 2. The number of halogens is 3. The fourth-order valence-electron chi connectivity index (χ4n) is 1.98. The summed E-state index contributed by atoms with van der Waals surface area (Å²) in [4.78, 5) is 11.7. The number of aryl methyl sites for hydroxylation is 2. The minimum absolute atomic E-state index is 0.296. The van der Waals surface area contributed by atoms with Gasteiger partial charge >= 0.3 is 12.2 Å². The van der Waals surface area contributed by atoms with Crippen molar-refractivity contribution in [2.45, 2.75) is 19.5 Å². The zero-order valence-corrected chi connectivity index (χ0v) is 12.7. The number of alkyl halides is 3. The molecule has 0 atom stereocenters. The topological polar surface area (TPSA) is 59.0 Å². The summed E-state index contributed by atoms with van der Waals surface area (Å²) in [7, 11) is 1.84. The molecule has 0 bridgehead atoms. The molecule has 0 spiro atoms. The lowest BCUT2D eigenvalue weighted by Crippen LogP contribution is -2.30. The van der Waals surface area contributed by atoms with Gasteiger partial charge in [-0.1, -0.05) is 0 Å². The zero-order valence-electron chi connectivity index (χ0n) is 12.7. The lowest BCUT2D eigenvalue weighted by Gasteiger charge is -2.09. The number of benzene rings is 1. The third kappa shape index (κ3) is 4.73. The Balaban J connectivity index is 1.80. The van der Waals surface area contributed by atoms with E-state index in [1.165, 1.54) is 12.1 Å². The average Bonchev–Trinajstić information content (AvgIpc) is 2.77. The molecule has 0 saturated heterocycles. The first-order chi connectivity index (χ1) is 10.8. The summed E-state index contributed by atoms with van der Waals surface area (Å²) in [5.74, 6) is 0. The first kappa shape index (κ1) is 16.9. The van der Waals surface area contributed by atoms with E-state index in [1.54, 1.807) is 4.68 Å². The molecule has 2 rings (SSSR count). The summed E-state index contributed by atoms with van der Waals surface area (Å²) < 4.78 is 39.0. The van der Waals surface area contributed by atoms with Crippen molar-refractivity contribution in [3.63, 3.8) is 0 Å². The third-order valence-electron chi connectivity index (χ3n) is 3.30. The third-order valence-corrected chi connectivity index (χ3v) is 3.30. The van der Waals surface area contributed by atoms with Crippen LogP contribution in [0, 0.1) is 6.92 Å². The van der Waals surface area contributed by atoms with Crippen LogP contribution in [0.3, 0.4) is 0 Å². The van der Waals surface area contributed by atoms with Crippen molar-refractivity contribution >= 4 is 11.7 Å². The highest BCUT2D eigenvalue weighted by atomic mass is 19.4. The minimum atomic E-state index is -4.39. The van der Waals surface area contributed by atoms with Gasteiger partial charge in [-0.15, -0.1) is 0 Å². The number of anilines is 1. The Morgan fingerprint density at radius 2 is 1.91 bits per heavy atom. The number of nitrogens with one attached hydrogen (secondary N) is 2. The standard InChI is InChI=1S/C15H17F3N4O/c1-10-9-13(21-22(10)2)7-8-19-14(23)20-12-5-3-11(4-6-12)15(16,17)18/h3-6,9H,7-8H2,1-2H3,(H2,19,20,23). The summed E-state index contributed by atoms with van der Waals surface area (Å²) in [6.07, 6.45) is -3.82. The van der Waals surface area contributed by atoms with Gasteiger partial charge in [0.2, 0.25) is 0 Å². The maximum absolute atomic E-state index is 12.4. The monoisotopic (exact) mass is 326 g/mol. The number of carbonyl (C=O) groups is 1. The van der Waals surface area contributed by atoms with Crippen LogP contribution in [-0.4, -0.2) is 22.4 Å². The molecule has 8 heteroatoms. The van der Waals surface area contributed by atoms with Gasteiger partial charge in [-0.05, 0) is 37.3 Å². The van der Waals surface area contributed by atoms with Gasteiger partial charge in [0.15, 0.2) is 0 Å². The molecule has 0 fully saturated rings. The summed E-state index contributed by atoms with van der Waals surface area (Å²) in [5, 5.41) is 9.37. The van der Waals surface area contributed by atoms with Crippen LogP contribution in [0.15, 0.2) is 30.3 Å². The molecule has 0 saturated carbocycles. The number of hydrogen-bond donors (Lipinski definition) is 2. The molecule has 0 aliphatic heterocycles. The van der Waals surface area contributed by atoms with Gasteiger partial charge in [0.05, 0.1) is 11.3 Å². The molecule has 0 radical (unpaired) electrons. The van der Waals surface area contributed by atoms with Crippen molar-refractivity contribution in [3.05, 3.63) is 47.3 Å². The molecule has 23 heavy (non-hydrogen) atoms. The molecule has 2 aromatic rings. The zero-order chi connectivity index (χ0) is 17.0. The van der Waals surface area contributed by atoms with Crippen LogP contribution in [0.25, 0.3) is 0 Å². The highest BCUT2D eigenvalue weighted by Gasteiger charge is 2.29. The Labute approximate surface area is 131 Å². The Morgan fingerprint density at radius 3 is 2.43 bits per heavy atom. The van der Waals surface area contributed by atoms with Crippen LogP contribution in [0.2, 0.25) is 0 Å². The molecular weight excluding hydrogens is 309 g/mol. The first-order valence-electron chi connectivity index (χ1n) is 6.97. The Kier molecular flexibility index (Phi) is 4.92. The largest absolute Gasteiger partial charge is 0.416 e. The fraction of sp³-hybridized carbons (Fsp3) is 0.333. The number of rotatable bonds is 4. The highest BCUT2D eigenvalue weighted by molar-refractivity contribution is 5.89. The van der Waals surface area contributed by atoms with E-state index in [9.17, 15) is 18.0 Å². The van der Waals surface area contributed by atoms with E-state index in [0.29, 0.717) is 18.7 Å². The number of amides is 2. The lowest BCUT2D eigenvalue weighted by molar-refractivity contribution is -0.137. The van der Waals surface area contributed by atoms with E-state index in [1.807, 2.05) is 20.0 Å². The van der Waals surface area contributed by atoms with E-state index < -0.39 is 17.8 Å². The molecule has 0 aliphatic rings. The van der Waals surface area contributed by atoms with Crippen molar-refractivity contribution in [1.29, 1.82) is 0 Å². The van der Waals surface area contributed by atoms with Crippen molar-refractivity contribution < 1.29 is 18.0 Å². The highest BCUT2D eigenvalue weighted by Crippen LogP contribution is 2.29. The van der Waals surface area contributed by atoms with Gasteiger partial charge in [-0.3, -0.25) is 4.68 Å². The van der Waals surface area contributed by atoms with Crippen LogP contribution >= 0.6 is 0 Å². The van der Waals surface area contributed by atoms with E-state index in [2.05, 4.69) is 15.7 Å². The van der Waals surface area contributed by atoms with Crippen molar-refractivity contribution in [2.24, 2.45) is 7.05 Å². The first-order valence-corrected chi connectivity index (χ1v) is 6.97. The summed E-state index contributed by atoms with van der Waals surface area (Å²) >= 11 is 0. The quantitative estimate of drug-likeness (QED) is 0.907. The Hall–Kier alpha value is -2.51. The molecule has 5 nitrogen and oxygen atoms in total. The van der Waals surface area contributed by atoms with Gasteiger partial charge < -0.3 is 10.6 Å². The SMILES string of the molecule is Cc1cc(CCNC(=O)Nc2ccc(C(F)(F)F)cc2)nn1C. The van der Waals surface area contributed by atoms with Crippen molar-refractivity contribution in [2.75, 3.05) is 11.9 Å². The van der Waals surface area contributed by atoms with Gasteiger partial charge in [-0.2, -0.15) is 18.3 Å². The minimum Gasteiger partial charge on any atom is -0.337 e. The van der Waals surface area contributed by atoms with Crippen LogP contribution < -0.4 is 10.6 Å². The van der Waals surface area contributed by atoms with E-state index in [0.717, 1.165) is 23.5 Å². The molecule has 2 N–H and O–H groups in total. The summed E-state index contributed by atoms with van der Waals surface area (Å²) in [6.45, 7) is 2.31. The Bertz CT molecular complexity index is 658. The normalized spacial score (nSPS) is 11.3. The predicted molar refractivity (Wildman–Crippen MR) is 80.1 cm³/mol. The number of carbonyl (C=O) groups excluding carboxylic acids is 1. The molecular formula is C15H17F3N4O. The van der Waals surface area contributed by atoms with Gasteiger partial charge in [0.25, 0.3) is 0 Å². The van der Waals surface area contributed by atoms with Crippen LogP contribution in [0.4, 0.5) is 23.7 Å². The molecule has 0 aliphatic carbocycles. The van der Waals surface area contributed by atoms with Crippen LogP contribution in [0.1, 0.15) is 17.0 Å². The number of nitrogens with zero attached hydrogens (tertiary/aromatic N) is 2. The van der Waals surface area contributed by atoms with Gasteiger partial charge in [0, 0.05) is 31.4 Å². The molecule has 0 unspecified atom stereocenters. The van der Waals surface area contributed by atoms with Crippen molar-refractivity contribution in [1.82, 2.24) is 15.1 Å². The predicted octanol–water partition coefficient (Wildman–Crippen LogP) is 3.11. The van der Waals surface area contributed by atoms with Crippen LogP contribution in [-0.2, 0) is 19.6 Å². The van der Waals surface area contributed by atoms with Gasteiger partial charge in [0.1, 0.15) is 0 Å².